The molecule has 0 radical (unpaired) electrons. The highest BCUT2D eigenvalue weighted by atomic mass is 19.1. The van der Waals surface area contributed by atoms with Crippen molar-refractivity contribution >= 4 is 23.3 Å². The molecule has 0 aliphatic carbocycles. The number of aryl methyl sites for hydroxylation is 2. The van der Waals surface area contributed by atoms with Gasteiger partial charge in [0.1, 0.15) is 11.5 Å². The number of hydrogen-bond donors (Lipinski definition) is 2. The average Bonchev–Trinajstić information content (AvgIpc) is 3.26. The lowest BCUT2D eigenvalue weighted by Crippen LogP contribution is -2.44. The zero-order chi connectivity index (χ0) is 24.7. The Morgan fingerprint density at radius 1 is 1.09 bits per heavy atom. The third-order valence-corrected chi connectivity index (χ3v) is 5.77. The van der Waals surface area contributed by atoms with Gasteiger partial charge in [-0.1, -0.05) is 0 Å². The van der Waals surface area contributed by atoms with Gasteiger partial charge in [-0.3, -0.25) is 14.4 Å². The van der Waals surface area contributed by atoms with Gasteiger partial charge in [0, 0.05) is 31.7 Å². The van der Waals surface area contributed by atoms with Gasteiger partial charge in [-0.2, -0.15) is 0 Å². The molecule has 0 aliphatic rings. The predicted octanol–water partition coefficient (Wildman–Crippen LogP) is 3.31. The number of halogens is 1. The van der Waals surface area contributed by atoms with E-state index in [9.17, 15) is 18.8 Å². The van der Waals surface area contributed by atoms with E-state index in [-0.39, 0.29) is 17.1 Å². The van der Waals surface area contributed by atoms with E-state index in [2.05, 4.69) is 15.6 Å². The number of anilines is 1. The Morgan fingerprint density at radius 3 is 2.33 bits per heavy atom. The summed E-state index contributed by atoms with van der Waals surface area (Å²) in [4.78, 5) is 43.2. The molecule has 1 aromatic carbocycles. The minimum Gasteiger partial charge on any atom is -0.343 e. The quantitative estimate of drug-likeness (QED) is 0.442. The fraction of sp³-hybridized carbons (Fsp3) is 0.333. The molecule has 2 heterocycles. The van der Waals surface area contributed by atoms with E-state index in [1.165, 1.54) is 18.2 Å². The highest BCUT2D eigenvalue weighted by Crippen LogP contribution is 2.25. The van der Waals surface area contributed by atoms with E-state index < -0.39 is 23.1 Å². The van der Waals surface area contributed by atoms with Crippen molar-refractivity contribution in [1.82, 2.24) is 19.4 Å². The SMILES string of the molecule is Cc1cc(NC(=O)c2c(C)c(C(=O)C(=O)NC(C)(C)c3cn(C)cn3)c(C)n2C)ccc1F. The van der Waals surface area contributed by atoms with Crippen molar-refractivity contribution in [1.29, 1.82) is 0 Å². The molecule has 0 saturated heterocycles. The molecule has 0 spiro atoms. The van der Waals surface area contributed by atoms with Gasteiger partial charge in [0.25, 0.3) is 17.6 Å². The number of ketones is 1. The first-order chi connectivity index (χ1) is 15.3. The summed E-state index contributed by atoms with van der Waals surface area (Å²) in [7, 11) is 3.47. The Balaban J connectivity index is 1.87. The second-order valence-electron chi connectivity index (χ2n) is 8.74. The minimum absolute atomic E-state index is 0.173. The smallest absolute Gasteiger partial charge is 0.293 e. The van der Waals surface area contributed by atoms with Crippen LogP contribution in [0.1, 0.15) is 57.2 Å². The number of nitrogens with zero attached hydrogens (tertiary/aromatic N) is 3. The molecule has 3 aromatic rings. The van der Waals surface area contributed by atoms with Crippen molar-refractivity contribution in [2.45, 2.75) is 40.2 Å². The van der Waals surface area contributed by atoms with Gasteiger partial charge in [0.05, 0.1) is 23.1 Å². The molecule has 0 fully saturated rings. The number of rotatable bonds is 6. The summed E-state index contributed by atoms with van der Waals surface area (Å²) in [5.74, 6) is -2.35. The molecule has 2 aromatic heterocycles. The molecule has 0 atom stereocenters. The van der Waals surface area contributed by atoms with Crippen molar-refractivity contribution < 1.29 is 18.8 Å². The van der Waals surface area contributed by atoms with Gasteiger partial charge in [0.15, 0.2) is 0 Å². The van der Waals surface area contributed by atoms with Crippen LogP contribution in [0.25, 0.3) is 0 Å². The second-order valence-corrected chi connectivity index (χ2v) is 8.74. The topological polar surface area (TPSA) is 98.0 Å². The van der Waals surface area contributed by atoms with Crippen molar-refractivity contribution in [3.63, 3.8) is 0 Å². The first-order valence-corrected chi connectivity index (χ1v) is 10.4. The molecule has 0 aliphatic heterocycles. The molecular formula is C24H28FN5O3. The third kappa shape index (κ3) is 4.57. The van der Waals surface area contributed by atoms with Gasteiger partial charge in [0.2, 0.25) is 0 Å². The molecule has 0 bridgehead atoms. The van der Waals surface area contributed by atoms with Crippen LogP contribution in [0.4, 0.5) is 10.1 Å². The normalized spacial score (nSPS) is 11.4. The fourth-order valence-electron chi connectivity index (χ4n) is 3.80. The number of nitrogens with one attached hydrogen (secondary N) is 2. The Morgan fingerprint density at radius 2 is 1.76 bits per heavy atom. The lowest BCUT2D eigenvalue weighted by Gasteiger charge is -2.23. The Labute approximate surface area is 191 Å². The van der Waals surface area contributed by atoms with Crippen molar-refractivity contribution in [2.75, 3.05) is 5.32 Å². The Bertz CT molecular complexity index is 1270. The van der Waals surface area contributed by atoms with E-state index in [1.54, 1.807) is 63.3 Å². The Hall–Kier alpha value is -3.75. The molecule has 0 unspecified atom stereocenters. The first-order valence-electron chi connectivity index (χ1n) is 10.4. The first kappa shape index (κ1) is 23.9. The van der Waals surface area contributed by atoms with E-state index in [1.807, 2.05) is 7.05 Å². The van der Waals surface area contributed by atoms with Crippen LogP contribution >= 0.6 is 0 Å². The van der Waals surface area contributed by atoms with Gasteiger partial charge in [-0.25, -0.2) is 9.37 Å². The zero-order valence-corrected chi connectivity index (χ0v) is 19.8. The summed E-state index contributed by atoms with van der Waals surface area (Å²) in [6, 6.07) is 4.26. The van der Waals surface area contributed by atoms with Gasteiger partial charge >= 0.3 is 0 Å². The number of benzene rings is 1. The molecule has 2 N–H and O–H groups in total. The second kappa shape index (κ2) is 8.65. The molecule has 8 nitrogen and oxygen atoms in total. The maximum Gasteiger partial charge on any atom is 0.293 e. The highest BCUT2D eigenvalue weighted by Gasteiger charge is 2.32. The summed E-state index contributed by atoms with van der Waals surface area (Å²) in [5.41, 5.74) is 1.87. The van der Waals surface area contributed by atoms with Gasteiger partial charge in [-0.15, -0.1) is 0 Å². The number of Topliss-reactive ketones (excluding diaryl/α,β-unsaturated/α-hetero) is 1. The van der Waals surface area contributed by atoms with Crippen LogP contribution in [-0.2, 0) is 24.4 Å². The molecule has 3 rings (SSSR count). The van der Waals surface area contributed by atoms with Gasteiger partial charge in [-0.05, 0) is 63.9 Å². The largest absolute Gasteiger partial charge is 0.343 e. The van der Waals surface area contributed by atoms with Gasteiger partial charge < -0.3 is 19.8 Å². The van der Waals surface area contributed by atoms with E-state index in [0.717, 1.165) is 0 Å². The van der Waals surface area contributed by atoms with Crippen LogP contribution in [0.2, 0.25) is 0 Å². The van der Waals surface area contributed by atoms with Crippen LogP contribution in [0.5, 0.6) is 0 Å². The summed E-state index contributed by atoms with van der Waals surface area (Å²) >= 11 is 0. The minimum atomic E-state index is -0.870. The lowest BCUT2D eigenvalue weighted by atomic mass is 9.99. The van der Waals surface area contributed by atoms with Crippen molar-refractivity contribution in [3.8, 4) is 0 Å². The molecule has 0 saturated carbocycles. The van der Waals surface area contributed by atoms with Crippen LogP contribution in [0.15, 0.2) is 30.7 Å². The molecule has 33 heavy (non-hydrogen) atoms. The summed E-state index contributed by atoms with van der Waals surface area (Å²) in [6.45, 7) is 8.42. The summed E-state index contributed by atoms with van der Waals surface area (Å²) < 4.78 is 16.9. The Kier molecular flexibility index (Phi) is 6.26. The number of carbonyl (C=O) groups is 3. The van der Waals surface area contributed by atoms with Crippen LogP contribution in [0.3, 0.4) is 0 Å². The van der Waals surface area contributed by atoms with Crippen LogP contribution in [-0.4, -0.2) is 31.7 Å². The van der Waals surface area contributed by atoms with Crippen molar-refractivity contribution in [2.24, 2.45) is 14.1 Å². The fourth-order valence-corrected chi connectivity index (χ4v) is 3.80. The van der Waals surface area contributed by atoms with E-state index in [4.69, 9.17) is 0 Å². The molecule has 9 heteroatoms. The summed E-state index contributed by atoms with van der Waals surface area (Å²) in [5, 5.41) is 5.47. The van der Waals surface area contributed by atoms with Crippen molar-refractivity contribution in [3.05, 3.63) is 70.3 Å². The number of carbonyl (C=O) groups excluding carboxylic acids is 3. The number of amides is 2. The average molecular weight is 454 g/mol. The number of hydrogen-bond acceptors (Lipinski definition) is 4. The molecule has 174 valence electrons. The monoisotopic (exact) mass is 453 g/mol. The maximum absolute atomic E-state index is 13.5. The lowest BCUT2D eigenvalue weighted by molar-refractivity contribution is -0.118. The van der Waals surface area contributed by atoms with Crippen LogP contribution in [0, 0.1) is 26.6 Å². The third-order valence-electron chi connectivity index (χ3n) is 5.77. The predicted molar refractivity (Wildman–Crippen MR) is 123 cm³/mol. The zero-order valence-electron chi connectivity index (χ0n) is 19.8. The van der Waals surface area contributed by atoms with E-state index in [0.29, 0.717) is 28.2 Å². The summed E-state index contributed by atoms with van der Waals surface area (Å²) in [6.07, 6.45) is 3.38. The molecular weight excluding hydrogens is 425 g/mol. The number of aromatic nitrogens is 3. The van der Waals surface area contributed by atoms with Crippen LogP contribution < -0.4 is 10.6 Å². The van der Waals surface area contributed by atoms with E-state index >= 15 is 0 Å². The maximum atomic E-state index is 13.5. The number of imidazole rings is 1. The molecule has 2 amide bonds. The standard InChI is InChI=1S/C24H28FN5O3/c1-13-10-16(8-9-17(13)25)27-22(32)20-14(2)19(15(3)30(20)7)21(31)23(33)28-24(4,5)18-11-29(6)12-26-18/h8-12H,1-7H3,(H,27,32)(H,28,33). The highest BCUT2D eigenvalue weighted by molar-refractivity contribution is 6.43.